The van der Waals surface area contributed by atoms with Crippen LogP contribution in [0.3, 0.4) is 0 Å². The number of ether oxygens (including phenoxy) is 1. The van der Waals surface area contributed by atoms with Crippen molar-refractivity contribution in [2.75, 3.05) is 6.61 Å². The fourth-order valence-electron chi connectivity index (χ4n) is 1.17. The van der Waals surface area contributed by atoms with Crippen LogP contribution in [0.15, 0.2) is 18.2 Å². The summed E-state index contributed by atoms with van der Waals surface area (Å²) in [6.07, 6.45) is -4.38. The van der Waals surface area contributed by atoms with Crippen molar-refractivity contribution in [1.29, 1.82) is 0 Å². The molecule has 0 aliphatic carbocycles. The van der Waals surface area contributed by atoms with Crippen LogP contribution in [0, 0.1) is 0 Å². The number of benzene rings is 1. The van der Waals surface area contributed by atoms with Gasteiger partial charge >= 0.3 is 6.18 Å². The maximum absolute atomic E-state index is 12.0. The third-order valence-electron chi connectivity index (χ3n) is 1.86. The Morgan fingerprint density at radius 3 is 2.56 bits per heavy atom. The van der Waals surface area contributed by atoms with E-state index in [4.69, 9.17) is 17.3 Å². The summed E-state index contributed by atoms with van der Waals surface area (Å²) in [5.41, 5.74) is 6.09. The predicted molar refractivity (Wildman–Crippen MR) is 55.6 cm³/mol. The van der Waals surface area contributed by atoms with E-state index in [0.29, 0.717) is 10.6 Å². The second-order valence-corrected chi connectivity index (χ2v) is 3.81. The van der Waals surface area contributed by atoms with E-state index in [0.717, 1.165) is 0 Å². The fraction of sp³-hybridized carbons (Fsp3) is 0.400. The Balaban J connectivity index is 2.88. The van der Waals surface area contributed by atoms with Gasteiger partial charge in [-0.3, -0.25) is 0 Å². The van der Waals surface area contributed by atoms with Crippen molar-refractivity contribution in [3.05, 3.63) is 28.8 Å². The second kappa shape index (κ2) is 4.93. The maximum atomic E-state index is 12.0. The number of alkyl halides is 3. The van der Waals surface area contributed by atoms with Crippen LogP contribution in [0.25, 0.3) is 0 Å². The SMILES string of the molecule is C[C@H](N)c1ccc(Cl)cc1OCC(F)(F)F. The lowest BCUT2D eigenvalue weighted by molar-refractivity contribution is -0.153. The van der Waals surface area contributed by atoms with Gasteiger partial charge in [-0.1, -0.05) is 17.7 Å². The third kappa shape index (κ3) is 3.90. The minimum absolute atomic E-state index is 0.0693. The molecule has 2 nitrogen and oxygen atoms in total. The second-order valence-electron chi connectivity index (χ2n) is 3.37. The zero-order valence-electron chi connectivity index (χ0n) is 8.51. The molecule has 0 heterocycles. The third-order valence-corrected chi connectivity index (χ3v) is 2.09. The molecule has 0 aromatic heterocycles. The Morgan fingerprint density at radius 1 is 1.44 bits per heavy atom. The molecule has 0 bridgehead atoms. The molecule has 2 N–H and O–H groups in total. The first-order valence-electron chi connectivity index (χ1n) is 4.54. The number of rotatable bonds is 3. The predicted octanol–water partition coefficient (Wildman–Crippen LogP) is 3.30. The van der Waals surface area contributed by atoms with Crippen LogP contribution in [-0.2, 0) is 0 Å². The van der Waals surface area contributed by atoms with Crippen molar-refractivity contribution < 1.29 is 17.9 Å². The monoisotopic (exact) mass is 253 g/mol. The van der Waals surface area contributed by atoms with Gasteiger partial charge in [0.05, 0.1) is 0 Å². The summed E-state index contributed by atoms with van der Waals surface area (Å²) >= 11 is 5.67. The first-order valence-corrected chi connectivity index (χ1v) is 4.92. The van der Waals surface area contributed by atoms with E-state index >= 15 is 0 Å². The highest BCUT2D eigenvalue weighted by molar-refractivity contribution is 6.30. The van der Waals surface area contributed by atoms with E-state index in [-0.39, 0.29) is 5.75 Å². The molecule has 6 heteroatoms. The Hall–Kier alpha value is -0.940. The van der Waals surface area contributed by atoms with Crippen LogP contribution >= 0.6 is 11.6 Å². The Morgan fingerprint density at radius 2 is 2.06 bits per heavy atom. The largest absolute Gasteiger partial charge is 0.484 e. The lowest BCUT2D eigenvalue weighted by Crippen LogP contribution is -2.20. The van der Waals surface area contributed by atoms with Gasteiger partial charge in [-0.25, -0.2) is 0 Å². The van der Waals surface area contributed by atoms with Gasteiger partial charge < -0.3 is 10.5 Å². The quantitative estimate of drug-likeness (QED) is 0.897. The molecule has 0 aliphatic rings. The van der Waals surface area contributed by atoms with Crippen LogP contribution in [-0.4, -0.2) is 12.8 Å². The molecule has 0 fully saturated rings. The van der Waals surface area contributed by atoms with Crippen molar-refractivity contribution in [2.24, 2.45) is 5.73 Å². The smallest absolute Gasteiger partial charge is 0.422 e. The molecule has 1 rings (SSSR count). The average molecular weight is 254 g/mol. The summed E-state index contributed by atoms with van der Waals surface area (Å²) < 4.78 is 40.6. The molecule has 0 spiro atoms. The van der Waals surface area contributed by atoms with Gasteiger partial charge in [0.1, 0.15) is 5.75 Å². The summed E-state index contributed by atoms with van der Waals surface area (Å²) in [5.74, 6) is 0.0693. The number of halogens is 4. The molecule has 0 saturated heterocycles. The van der Waals surface area contributed by atoms with Crippen molar-refractivity contribution in [1.82, 2.24) is 0 Å². The van der Waals surface area contributed by atoms with Gasteiger partial charge in [0.25, 0.3) is 0 Å². The van der Waals surface area contributed by atoms with E-state index in [1.54, 1.807) is 19.1 Å². The van der Waals surface area contributed by atoms with Crippen molar-refractivity contribution in [3.8, 4) is 5.75 Å². The number of hydrogen-bond donors (Lipinski definition) is 1. The molecule has 1 aromatic rings. The van der Waals surface area contributed by atoms with E-state index in [1.807, 2.05) is 0 Å². The van der Waals surface area contributed by atoms with Crippen LogP contribution in [0.4, 0.5) is 13.2 Å². The van der Waals surface area contributed by atoms with Crippen molar-refractivity contribution in [3.63, 3.8) is 0 Å². The molecule has 90 valence electrons. The molecule has 1 atom stereocenters. The summed E-state index contributed by atoms with van der Waals surface area (Å²) in [4.78, 5) is 0. The summed E-state index contributed by atoms with van der Waals surface area (Å²) in [6.45, 7) is 0.302. The fourth-order valence-corrected chi connectivity index (χ4v) is 1.33. The highest BCUT2D eigenvalue weighted by atomic mass is 35.5. The molecule has 0 aliphatic heterocycles. The molecular formula is C10H11ClF3NO. The molecule has 0 unspecified atom stereocenters. The normalized spacial score (nSPS) is 13.6. The summed E-state index contributed by atoms with van der Waals surface area (Å²) in [6, 6.07) is 4.02. The van der Waals surface area contributed by atoms with E-state index in [1.165, 1.54) is 6.07 Å². The zero-order valence-corrected chi connectivity index (χ0v) is 9.27. The van der Waals surface area contributed by atoms with Gasteiger partial charge in [-0.05, 0) is 19.1 Å². The van der Waals surface area contributed by atoms with Gasteiger partial charge in [-0.2, -0.15) is 13.2 Å². The first-order chi connectivity index (χ1) is 7.29. The topological polar surface area (TPSA) is 35.2 Å². The zero-order chi connectivity index (χ0) is 12.3. The number of hydrogen-bond acceptors (Lipinski definition) is 2. The highest BCUT2D eigenvalue weighted by Crippen LogP contribution is 2.28. The molecule has 0 saturated carbocycles. The van der Waals surface area contributed by atoms with Crippen molar-refractivity contribution in [2.45, 2.75) is 19.1 Å². The van der Waals surface area contributed by atoms with Crippen molar-refractivity contribution >= 4 is 11.6 Å². The Bertz CT molecular complexity index is 366. The van der Waals surface area contributed by atoms with Crippen LogP contribution in [0.5, 0.6) is 5.75 Å². The Kier molecular flexibility index (Phi) is 4.04. The first kappa shape index (κ1) is 13.1. The van der Waals surface area contributed by atoms with Gasteiger partial charge in [-0.15, -0.1) is 0 Å². The summed E-state index contributed by atoms with van der Waals surface area (Å²) in [5, 5.41) is 0.307. The lowest BCUT2D eigenvalue weighted by atomic mass is 10.1. The van der Waals surface area contributed by atoms with E-state index in [2.05, 4.69) is 4.74 Å². The van der Waals surface area contributed by atoms with Gasteiger partial charge in [0.15, 0.2) is 6.61 Å². The maximum Gasteiger partial charge on any atom is 0.422 e. The minimum atomic E-state index is -4.38. The van der Waals surface area contributed by atoms with Crippen LogP contribution in [0.2, 0.25) is 5.02 Å². The molecule has 1 aromatic carbocycles. The summed E-state index contributed by atoms with van der Waals surface area (Å²) in [7, 11) is 0. The molecule has 16 heavy (non-hydrogen) atoms. The standard InChI is InChI=1S/C10H11ClF3NO/c1-6(15)8-3-2-7(11)4-9(8)16-5-10(12,13)14/h2-4,6H,5,15H2,1H3/t6-/m0/s1. The van der Waals surface area contributed by atoms with Crippen LogP contribution < -0.4 is 10.5 Å². The van der Waals surface area contributed by atoms with Gasteiger partial charge in [0, 0.05) is 16.6 Å². The van der Waals surface area contributed by atoms with E-state index in [9.17, 15) is 13.2 Å². The van der Waals surface area contributed by atoms with Crippen LogP contribution in [0.1, 0.15) is 18.5 Å². The Labute approximate surface area is 96.1 Å². The molecular weight excluding hydrogens is 243 g/mol. The number of nitrogens with two attached hydrogens (primary N) is 1. The lowest BCUT2D eigenvalue weighted by Gasteiger charge is -2.15. The average Bonchev–Trinajstić information content (AvgIpc) is 2.13. The molecule has 0 amide bonds. The van der Waals surface area contributed by atoms with E-state index < -0.39 is 18.8 Å². The highest BCUT2D eigenvalue weighted by Gasteiger charge is 2.29. The van der Waals surface area contributed by atoms with Gasteiger partial charge in [0.2, 0.25) is 0 Å². The minimum Gasteiger partial charge on any atom is -0.484 e. The molecule has 0 radical (unpaired) electrons.